The van der Waals surface area contributed by atoms with Crippen LogP contribution in [-0.4, -0.2) is 24.0 Å². The number of aromatic amines is 1. The van der Waals surface area contributed by atoms with E-state index in [0.717, 1.165) is 36.3 Å². The van der Waals surface area contributed by atoms with E-state index < -0.39 is 0 Å². The molecule has 0 radical (unpaired) electrons. The third kappa shape index (κ3) is 3.25. The van der Waals surface area contributed by atoms with Crippen LogP contribution in [0.4, 0.5) is 5.69 Å². The highest BCUT2D eigenvalue weighted by atomic mass is 16.1. The lowest BCUT2D eigenvalue weighted by atomic mass is 9.90. The summed E-state index contributed by atoms with van der Waals surface area (Å²) in [5.41, 5.74) is 9.60. The van der Waals surface area contributed by atoms with Crippen molar-refractivity contribution >= 4 is 22.5 Å². The number of piperidine rings is 1. The third-order valence-corrected chi connectivity index (χ3v) is 5.28. The molecule has 2 aromatic carbocycles. The van der Waals surface area contributed by atoms with E-state index in [2.05, 4.69) is 52.3 Å². The molecule has 3 aromatic rings. The summed E-state index contributed by atoms with van der Waals surface area (Å²) in [5.74, 6) is 0.362. The molecule has 0 atom stereocenters. The summed E-state index contributed by atoms with van der Waals surface area (Å²) < 4.78 is 0. The van der Waals surface area contributed by atoms with E-state index in [1.165, 1.54) is 24.1 Å². The van der Waals surface area contributed by atoms with Crippen molar-refractivity contribution < 1.29 is 4.79 Å². The Bertz CT molecular complexity index is 877. The zero-order valence-corrected chi connectivity index (χ0v) is 14.2. The number of nitrogens with one attached hydrogen (secondary N) is 1. The van der Waals surface area contributed by atoms with Crippen LogP contribution in [0.3, 0.4) is 0 Å². The van der Waals surface area contributed by atoms with Crippen LogP contribution < -0.4 is 10.6 Å². The first-order valence-corrected chi connectivity index (χ1v) is 8.90. The van der Waals surface area contributed by atoms with Crippen LogP contribution in [0.1, 0.15) is 28.8 Å². The van der Waals surface area contributed by atoms with Crippen LogP contribution in [0.15, 0.2) is 54.7 Å². The van der Waals surface area contributed by atoms with Crippen molar-refractivity contribution in [1.29, 1.82) is 0 Å². The van der Waals surface area contributed by atoms with E-state index in [9.17, 15) is 4.79 Å². The minimum atomic E-state index is -0.384. The van der Waals surface area contributed by atoms with Crippen LogP contribution in [0, 0.1) is 5.92 Å². The Kier molecular flexibility index (Phi) is 4.18. The van der Waals surface area contributed by atoms with Crippen molar-refractivity contribution in [2.75, 3.05) is 18.0 Å². The van der Waals surface area contributed by atoms with E-state index in [-0.39, 0.29) is 5.91 Å². The number of carbonyl (C=O) groups is 1. The molecule has 0 bridgehead atoms. The maximum Gasteiger partial charge on any atom is 0.250 e. The molecular weight excluding hydrogens is 310 g/mol. The smallest absolute Gasteiger partial charge is 0.250 e. The largest absolute Gasteiger partial charge is 0.371 e. The van der Waals surface area contributed by atoms with Gasteiger partial charge in [-0.15, -0.1) is 0 Å². The predicted molar refractivity (Wildman–Crippen MR) is 102 cm³/mol. The Morgan fingerprint density at radius 2 is 1.88 bits per heavy atom. The molecule has 4 nitrogen and oxygen atoms in total. The van der Waals surface area contributed by atoms with E-state index in [1.54, 1.807) is 6.20 Å². The Morgan fingerprint density at radius 1 is 1.12 bits per heavy atom. The van der Waals surface area contributed by atoms with Gasteiger partial charge in [-0.05, 0) is 48.9 Å². The van der Waals surface area contributed by atoms with Crippen molar-refractivity contribution in [1.82, 2.24) is 4.98 Å². The zero-order valence-electron chi connectivity index (χ0n) is 14.2. The molecule has 0 spiro atoms. The highest BCUT2D eigenvalue weighted by Gasteiger charge is 2.20. The van der Waals surface area contributed by atoms with E-state index >= 15 is 0 Å². The summed E-state index contributed by atoms with van der Waals surface area (Å²) in [6, 6.07) is 17.0. The summed E-state index contributed by atoms with van der Waals surface area (Å²) in [6.45, 7) is 2.11. The fourth-order valence-electron chi connectivity index (χ4n) is 3.85. The van der Waals surface area contributed by atoms with Gasteiger partial charge in [0.1, 0.15) is 0 Å². The van der Waals surface area contributed by atoms with Gasteiger partial charge in [0.25, 0.3) is 5.91 Å². The monoisotopic (exact) mass is 333 g/mol. The molecule has 3 N–H and O–H groups in total. The maximum atomic E-state index is 11.6. The average molecular weight is 333 g/mol. The number of aromatic nitrogens is 1. The molecule has 128 valence electrons. The number of fused-ring (bicyclic) bond motifs is 1. The molecular formula is C21H23N3O. The van der Waals surface area contributed by atoms with Crippen LogP contribution in [0.25, 0.3) is 10.9 Å². The van der Waals surface area contributed by atoms with Gasteiger partial charge in [-0.2, -0.15) is 0 Å². The molecule has 4 heteroatoms. The average Bonchev–Trinajstić information content (AvgIpc) is 3.07. The summed E-state index contributed by atoms with van der Waals surface area (Å²) in [7, 11) is 0. The number of rotatable bonds is 4. The van der Waals surface area contributed by atoms with Gasteiger partial charge >= 0.3 is 0 Å². The lowest BCUT2D eigenvalue weighted by Gasteiger charge is -2.33. The fraction of sp³-hybridized carbons (Fsp3) is 0.286. The number of H-pyrrole nitrogens is 1. The first-order chi connectivity index (χ1) is 12.2. The van der Waals surface area contributed by atoms with Crippen LogP contribution in [0.5, 0.6) is 0 Å². The molecule has 0 unspecified atom stereocenters. The lowest BCUT2D eigenvalue weighted by Crippen LogP contribution is -2.34. The van der Waals surface area contributed by atoms with Gasteiger partial charge in [-0.1, -0.05) is 30.3 Å². The Morgan fingerprint density at radius 3 is 2.60 bits per heavy atom. The minimum absolute atomic E-state index is 0.384. The molecule has 1 fully saturated rings. The molecule has 0 saturated carbocycles. The van der Waals surface area contributed by atoms with Crippen molar-refractivity contribution in [2.24, 2.45) is 11.7 Å². The highest BCUT2D eigenvalue weighted by molar-refractivity contribution is 6.06. The van der Waals surface area contributed by atoms with E-state index in [0.29, 0.717) is 5.56 Å². The minimum Gasteiger partial charge on any atom is -0.371 e. The Balaban J connectivity index is 1.46. The lowest BCUT2D eigenvalue weighted by molar-refractivity contribution is 0.100. The zero-order chi connectivity index (χ0) is 17.2. The van der Waals surface area contributed by atoms with Crippen LogP contribution in [-0.2, 0) is 6.42 Å². The Hall–Kier alpha value is -2.75. The number of hydrogen-bond acceptors (Lipinski definition) is 2. The summed E-state index contributed by atoms with van der Waals surface area (Å²) in [6.07, 6.45) is 5.26. The number of benzene rings is 2. The van der Waals surface area contributed by atoms with Gasteiger partial charge in [0.2, 0.25) is 0 Å². The predicted octanol–water partition coefficient (Wildman–Crippen LogP) is 3.73. The van der Waals surface area contributed by atoms with Crippen molar-refractivity contribution in [3.8, 4) is 0 Å². The topological polar surface area (TPSA) is 62.1 Å². The van der Waals surface area contributed by atoms with Crippen molar-refractivity contribution in [3.63, 3.8) is 0 Å². The molecule has 4 rings (SSSR count). The SMILES string of the molecule is NC(=O)c1c[nH]c2ccc(N3CCC(Cc4ccccc4)CC3)cc12. The number of primary amides is 1. The standard InChI is InChI=1S/C21H23N3O/c22-21(25)19-14-23-20-7-6-17(13-18(19)20)24-10-8-16(9-11-24)12-15-4-2-1-3-5-15/h1-7,13-14,16,23H,8-12H2,(H2,22,25). The third-order valence-electron chi connectivity index (χ3n) is 5.28. The maximum absolute atomic E-state index is 11.6. The quantitative estimate of drug-likeness (QED) is 0.764. The number of carbonyl (C=O) groups excluding carboxylic acids is 1. The first kappa shape index (κ1) is 15.8. The summed E-state index contributed by atoms with van der Waals surface area (Å²) in [4.78, 5) is 17.1. The molecule has 1 aliphatic rings. The van der Waals surface area contributed by atoms with Crippen LogP contribution in [0.2, 0.25) is 0 Å². The molecule has 1 aliphatic heterocycles. The number of amides is 1. The number of nitrogens with zero attached hydrogens (tertiary/aromatic N) is 1. The van der Waals surface area contributed by atoms with Gasteiger partial charge in [-0.3, -0.25) is 4.79 Å². The number of hydrogen-bond donors (Lipinski definition) is 2. The van der Waals surface area contributed by atoms with Gasteiger partial charge < -0.3 is 15.6 Å². The molecule has 1 amide bonds. The second-order valence-corrected chi connectivity index (χ2v) is 6.92. The first-order valence-electron chi connectivity index (χ1n) is 8.90. The van der Waals surface area contributed by atoms with E-state index in [4.69, 9.17) is 5.73 Å². The normalized spacial score (nSPS) is 15.6. The summed E-state index contributed by atoms with van der Waals surface area (Å²) in [5, 5.41) is 0.913. The second kappa shape index (κ2) is 6.63. The molecule has 1 aromatic heterocycles. The molecule has 1 saturated heterocycles. The second-order valence-electron chi connectivity index (χ2n) is 6.92. The number of nitrogens with two attached hydrogens (primary N) is 1. The van der Waals surface area contributed by atoms with Crippen molar-refractivity contribution in [2.45, 2.75) is 19.3 Å². The fourth-order valence-corrected chi connectivity index (χ4v) is 3.85. The van der Waals surface area contributed by atoms with Gasteiger partial charge in [0.15, 0.2) is 0 Å². The number of anilines is 1. The highest BCUT2D eigenvalue weighted by Crippen LogP contribution is 2.29. The van der Waals surface area contributed by atoms with Crippen LogP contribution >= 0.6 is 0 Å². The molecule has 2 heterocycles. The van der Waals surface area contributed by atoms with Gasteiger partial charge in [-0.25, -0.2) is 0 Å². The van der Waals surface area contributed by atoms with Gasteiger partial charge in [0.05, 0.1) is 5.56 Å². The molecule has 25 heavy (non-hydrogen) atoms. The van der Waals surface area contributed by atoms with Gasteiger partial charge in [0, 0.05) is 35.9 Å². The van der Waals surface area contributed by atoms with E-state index in [1.807, 2.05) is 6.07 Å². The molecule has 0 aliphatic carbocycles. The summed E-state index contributed by atoms with van der Waals surface area (Å²) >= 11 is 0. The Labute approximate surface area is 147 Å². The van der Waals surface area contributed by atoms with Crippen molar-refractivity contribution in [3.05, 3.63) is 65.9 Å².